The lowest BCUT2D eigenvalue weighted by Gasteiger charge is -1.99. The van der Waals surface area contributed by atoms with Gasteiger partial charge in [0.05, 0.1) is 11.0 Å². The Hall–Kier alpha value is -2.77. The van der Waals surface area contributed by atoms with Crippen LogP contribution in [0.5, 0.6) is 0 Å². The van der Waals surface area contributed by atoms with Crippen LogP contribution in [0.25, 0.3) is 11.0 Å². The molecule has 19 heavy (non-hydrogen) atoms. The molecule has 8 nitrogen and oxygen atoms in total. The summed E-state index contributed by atoms with van der Waals surface area (Å²) in [4.78, 5) is 17.8. The maximum Gasteiger partial charge on any atom is 0.371 e. The summed E-state index contributed by atoms with van der Waals surface area (Å²) in [5.41, 5.74) is 2.33. The maximum absolute atomic E-state index is 10.9. The third-order valence-electron chi connectivity index (χ3n) is 2.81. The first-order chi connectivity index (χ1) is 9.24. The Morgan fingerprint density at radius 2 is 2.21 bits per heavy atom. The second-order valence-electron chi connectivity index (χ2n) is 4.03. The van der Waals surface area contributed by atoms with Gasteiger partial charge in [0, 0.05) is 6.42 Å². The summed E-state index contributed by atoms with van der Waals surface area (Å²) in [6.45, 7) is 0. The van der Waals surface area contributed by atoms with Crippen molar-refractivity contribution in [3.05, 3.63) is 35.4 Å². The minimum absolute atomic E-state index is 0.0537. The highest BCUT2D eigenvalue weighted by Gasteiger charge is 2.12. The molecule has 0 radical (unpaired) electrons. The van der Waals surface area contributed by atoms with Gasteiger partial charge >= 0.3 is 5.97 Å². The molecule has 0 fully saturated rings. The molecule has 0 saturated carbocycles. The van der Waals surface area contributed by atoms with E-state index in [2.05, 4.69) is 30.6 Å². The molecular formula is C11H10N6O2. The average molecular weight is 258 g/mol. The van der Waals surface area contributed by atoms with Crippen LogP contribution in [0.1, 0.15) is 22.0 Å². The van der Waals surface area contributed by atoms with E-state index in [1.807, 2.05) is 12.1 Å². The van der Waals surface area contributed by atoms with E-state index in [9.17, 15) is 4.79 Å². The van der Waals surface area contributed by atoms with Gasteiger partial charge in [-0.1, -0.05) is 17.3 Å². The fraction of sp³-hybridized carbons (Fsp3) is 0.182. The molecule has 0 spiro atoms. The molecule has 2 aromatic heterocycles. The highest BCUT2D eigenvalue weighted by molar-refractivity contribution is 5.89. The van der Waals surface area contributed by atoms with E-state index in [1.165, 1.54) is 0 Å². The number of aromatic carboxylic acids is 1. The number of H-pyrrole nitrogens is 2. The number of rotatable bonds is 4. The fourth-order valence-corrected chi connectivity index (χ4v) is 1.93. The largest absolute Gasteiger partial charge is 0.475 e. The molecule has 1 aromatic carbocycles. The zero-order valence-corrected chi connectivity index (χ0v) is 9.79. The minimum Gasteiger partial charge on any atom is -0.475 e. The SMILES string of the molecule is O=C(O)c1nc2c(CCc3nn[nH]n3)cccc2[nH]1. The molecule has 3 aromatic rings. The molecule has 0 saturated heterocycles. The summed E-state index contributed by atoms with van der Waals surface area (Å²) >= 11 is 0. The number of carbonyl (C=O) groups is 1. The lowest BCUT2D eigenvalue weighted by molar-refractivity contribution is 0.0685. The number of imidazole rings is 1. The number of aryl methyl sites for hydroxylation is 2. The predicted octanol–water partition coefficient (Wildman–Crippen LogP) is 0.559. The van der Waals surface area contributed by atoms with Gasteiger partial charge in [0.2, 0.25) is 5.82 Å². The third-order valence-corrected chi connectivity index (χ3v) is 2.81. The van der Waals surface area contributed by atoms with Crippen molar-refractivity contribution in [2.24, 2.45) is 0 Å². The Morgan fingerprint density at radius 3 is 2.95 bits per heavy atom. The first-order valence-corrected chi connectivity index (χ1v) is 5.67. The van der Waals surface area contributed by atoms with Gasteiger partial charge in [-0.3, -0.25) is 0 Å². The lowest BCUT2D eigenvalue weighted by Crippen LogP contribution is -1.98. The zero-order valence-electron chi connectivity index (χ0n) is 9.79. The number of tetrazole rings is 1. The van der Waals surface area contributed by atoms with Crippen LogP contribution in [0.15, 0.2) is 18.2 Å². The molecule has 3 rings (SSSR count). The fourth-order valence-electron chi connectivity index (χ4n) is 1.93. The topological polar surface area (TPSA) is 120 Å². The number of fused-ring (bicyclic) bond motifs is 1. The predicted molar refractivity (Wildman–Crippen MR) is 64.6 cm³/mol. The van der Waals surface area contributed by atoms with E-state index in [-0.39, 0.29) is 5.82 Å². The van der Waals surface area contributed by atoms with Gasteiger partial charge in [-0.25, -0.2) is 9.78 Å². The molecule has 0 atom stereocenters. The Balaban J connectivity index is 1.92. The second kappa shape index (κ2) is 4.48. The van der Waals surface area contributed by atoms with Crippen molar-refractivity contribution >= 4 is 17.0 Å². The van der Waals surface area contributed by atoms with Gasteiger partial charge in [-0.15, -0.1) is 10.2 Å². The van der Waals surface area contributed by atoms with E-state index >= 15 is 0 Å². The first-order valence-electron chi connectivity index (χ1n) is 5.67. The number of benzene rings is 1. The summed E-state index contributed by atoms with van der Waals surface area (Å²) in [6.07, 6.45) is 1.28. The Kier molecular flexibility index (Phi) is 2.67. The number of hydrogen-bond donors (Lipinski definition) is 3. The number of nitrogens with one attached hydrogen (secondary N) is 2. The second-order valence-corrected chi connectivity index (χ2v) is 4.03. The van der Waals surface area contributed by atoms with Crippen LogP contribution in [0.4, 0.5) is 0 Å². The Bertz CT molecular complexity index is 718. The van der Waals surface area contributed by atoms with Crippen molar-refractivity contribution in [2.45, 2.75) is 12.8 Å². The standard InChI is InChI=1S/C11H10N6O2/c18-11(19)10-12-7-3-1-2-6(9(7)13-10)4-5-8-14-16-17-15-8/h1-3H,4-5H2,(H,12,13)(H,18,19)(H,14,15,16,17). The smallest absolute Gasteiger partial charge is 0.371 e. The van der Waals surface area contributed by atoms with Crippen molar-refractivity contribution in [3.63, 3.8) is 0 Å². The number of aromatic nitrogens is 6. The molecule has 0 aliphatic heterocycles. The van der Waals surface area contributed by atoms with E-state index in [1.54, 1.807) is 6.07 Å². The summed E-state index contributed by atoms with van der Waals surface area (Å²) < 4.78 is 0. The van der Waals surface area contributed by atoms with Crippen LogP contribution in [-0.4, -0.2) is 41.7 Å². The molecule has 2 heterocycles. The molecule has 0 aliphatic rings. The highest BCUT2D eigenvalue weighted by Crippen LogP contribution is 2.18. The molecule has 8 heteroatoms. The van der Waals surface area contributed by atoms with Gasteiger partial charge < -0.3 is 10.1 Å². The first kappa shape index (κ1) is 11.3. The number of hydrogen-bond acceptors (Lipinski definition) is 5. The molecular weight excluding hydrogens is 248 g/mol. The van der Waals surface area contributed by atoms with Gasteiger partial charge in [0.1, 0.15) is 0 Å². The molecule has 0 bridgehead atoms. The van der Waals surface area contributed by atoms with E-state index in [4.69, 9.17) is 5.11 Å². The number of carboxylic acid groups (broad SMARTS) is 1. The summed E-state index contributed by atoms with van der Waals surface area (Å²) in [7, 11) is 0. The van der Waals surface area contributed by atoms with Crippen molar-refractivity contribution in [1.82, 2.24) is 30.6 Å². The van der Waals surface area contributed by atoms with Crippen molar-refractivity contribution in [3.8, 4) is 0 Å². The van der Waals surface area contributed by atoms with Crippen LogP contribution in [-0.2, 0) is 12.8 Å². The Morgan fingerprint density at radius 1 is 1.32 bits per heavy atom. The number of carboxylic acids is 1. The molecule has 3 N–H and O–H groups in total. The monoisotopic (exact) mass is 258 g/mol. The van der Waals surface area contributed by atoms with Gasteiger partial charge in [-0.05, 0) is 18.1 Å². The summed E-state index contributed by atoms with van der Waals surface area (Å²) in [5, 5.41) is 22.6. The van der Waals surface area contributed by atoms with Gasteiger partial charge in [0.25, 0.3) is 0 Å². The van der Waals surface area contributed by atoms with Gasteiger partial charge in [0.15, 0.2) is 5.82 Å². The summed E-state index contributed by atoms with van der Waals surface area (Å²) in [6, 6.07) is 5.57. The molecule has 0 aliphatic carbocycles. The quantitative estimate of drug-likeness (QED) is 0.628. The third kappa shape index (κ3) is 2.15. The van der Waals surface area contributed by atoms with Gasteiger partial charge in [-0.2, -0.15) is 5.21 Å². The van der Waals surface area contributed by atoms with E-state index in [0.29, 0.717) is 29.7 Å². The van der Waals surface area contributed by atoms with Crippen LogP contribution in [0.3, 0.4) is 0 Å². The minimum atomic E-state index is -1.07. The number of nitrogens with zero attached hydrogens (tertiary/aromatic N) is 4. The van der Waals surface area contributed by atoms with E-state index < -0.39 is 5.97 Å². The van der Waals surface area contributed by atoms with Crippen LogP contribution in [0.2, 0.25) is 0 Å². The summed E-state index contributed by atoms with van der Waals surface area (Å²) in [5.74, 6) is -0.506. The zero-order chi connectivity index (χ0) is 13.2. The average Bonchev–Trinajstić information content (AvgIpc) is 3.05. The Labute approximate surface area is 106 Å². The van der Waals surface area contributed by atoms with Crippen LogP contribution < -0.4 is 0 Å². The van der Waals surface area contributed by atoms with E-state index in [0.717, 1.165) is 5.56 Å². The van der Waals surface area contributed by atoms with Crippen molar-refractivity contribution in [2.75, 3.05) is 0 Å². The van der Waals surface area contributed by atoms with Crippen LogP contribution in [0, 0.1) is 0 Å². The normalized spacial score (nSPS) is 10.9. The van der Waals surface area contributed by atoms with Crippen LogP contribution >= 0.6 is 0 Å². The van der Waals surface area contributed by atoms with Crippen molar-refractivity contribution in [1.29, 1.82) is 0 Å². The number of para-hydroxylation sites is 1. The lowest BCUT2D eigenvalue weighted by atomic mass is 10.1. The molecule has 0 amide bonds. The molecule has 96 valence electrons. The molecule has 0 unspecified atom stereocenters. The maximum atomic E-state index is 10.9. The highest BCUT2D eigenvalue weighted by atomic mass is 16.4. The van der Waals surface area contributed by atoms with Crippen molar-refractivity contribution < 1.29 is 9.90 Å². The number of aromatic amines is 2.